The molecule has 1 heteroatoms. The molecule has 0 aromatic carbocycles. The Labute approximate surface area is 61.8 Å². The number of hydrogen-bond donors (Lipinski definition) is 0. The van der Waals surface area contributed by atoms with Crippen LogP contribution < -0.4 is 0 Å². The van der Waals surface area contributed by atoms with E-state index in [-0.39, 0.29) is 5.78 Å². The van der Waals surface area contributed by atoms with Crippen LogP contribution in [0.15, 0.2) is 29.5 Å². The van der Waals surface area contributed by atoms with Crippen LogP contribution >= 0.6 is 0 Å². The second kappa shape index (κ2) is 3.86. The molecule has 0 aliphatic carbocycles. The Kier molecular flexibility index (Phi) is 3.45. The van der Waals surface area contributed by atoms with E-state index in [1.165, 1.54) is 6.08 Å². The first-order valence-electron chi connectivity index (χ1n) is 3.14. The molecule has 0 aliphatic heterocycles. The summed E-state index contributed by atoms with van der Waals surface area (Å²) in [5, 5.41) is 0. The molecular formula is C9H12O. The first kappa shape index (κ1) is 8.93. The van der Waals surface area contributed by atoms with Crippen molar-refractivity contribution in [2.75, 3.05) is 0 Å². The normalized spacial score (nSPS) is 7.90. The molecule has 0 saturated heterocycles. The minimum atomic E-state index is -0.00463. The number of allylic oxidation sites excluding steroid dienone is 3. The Morgan fingerprint density at radius 3 is 2.20 bits per heavy atom. The van der Waals surface area contributed by atoms with Crippen LogP contribution in [0.5, 0.6) is 0 Å². The first-order chi connectivity index (χ1) is 4.59. The molecule has 0 heterocycles. The van der Waals surface area contributed by atoms with E-state index >= 15 is 0 Å². The van der Waals surface area contributed by atoms with E-state index in [1.807, 2.05) is 13.8 Å². The lowest BCUT2D eigenvalue weighted by molar-refractivity contribution is -0.111. The second-order valence-corrected chi connectivity index (χ2v) is 2.34. The van der Waals surface area contributed by atoms with Crippen LogP contribution in [-0.4, -0.2) is 5.78 Å². The lowest BCUT2D eigenvalue weighted by Crippen LogP contribution is -1.94. The second-order valence-electron chi connectivity index (χ2n) is 2.34. The first-order valence-corrected chi connectivity index (χ1v) is 3.14. The fraction of sp³-hybridized carbons (Fsp3) is 0.333. The summed E-state index contributed by atoms with van der Waals surface area (Å²) in [4.78, 5) is 11.0. The van der Waals surface area contributed by atoms with Crippen LogP contribution in [0.1, 0.15) is 20.8 Å². The van der Waals surface area contributed by atoms with Gasteiger partial charge in [0.05, 0.1) is 0 Å². The molecule has 1 nitrogen and oxygen atoms in total. The molecule has 0 amide bonds. The predicted octanol–water partition coefficient (Wildman–Crippen LogP) is 2.25. The average Bonchev–Trinajstić information content (AvgIpc) is 1.87. The average molecular weight is 136 g/mol. The van der Waals surface area contributed by atoms with Gasteiger partial charge in [-0.05, 0) is 26.3 Å². The molecule has 0 unspecified atom stereocenters. The monoisotopic (exact) mass is 136 g/mol. The van der Waals surface area contributed by atoms with Gasteiger partial charge in [0, 0.05) is 6.08 Å². The van der Waals surface area contributed by atoms with Gasteiger partial charge >= 0.3 is 0 Å². The van der Waals surface area contributed by atoms with E-state index in [2.05, 4.69) is 12.3 Å². The van der Waals surface area contributed by atoms with Gasteiger partial charge in [-0.15, -0.1) is 5.73 Å². The van der Waals surface area contributed by atoms with Crippen LogP contribution in [0.4, 0.5) is 0 Å². The van der Waals surface area contributed by atoms with Crippen LogP contribution in [-0.2, 0) is 4.79 Å². The fourth-order valence-corrected chi connectivity index (χ4v) is 0.447. The van der Waals surface area contributed by atoms with Crippen molar-refractivity contribution in [3.8, 4) is 0 Å². The van der Waals surface area contributed by atoms with Gasteiger partial charge in [0.25, 0.3) is 0 Å². The zero-order valence-corrected chi connectivity index (χ0v) is 6.69. The van der Waals surface area contributed by atoms with Crippen LogP contribution in [0.2, 0.25) is 0 Å². The molecule has 0 rings (SSSR count). The van der Waals surface area contributed by atoms with Crippen molar-refractivity contribution in [1.29, 1.82) is 0 Å². The van der Waals surface area contributed by atoms with Crippen molar-refractivity contribution in [3.05, 3.63) is 29.5 Å². The molecule has 0 aliphatic rings. The number of rotatable bonds is 2. The van der Waals surface area contributed by atoms with E-state index in [9.17, 15) is 4.79 Å². The van der Waals surface area contributed by atoms with Crippen molar-refractivity contribution < 1.29 is 4.79 Å². The summed E-state index contributed by atoms with van der Waals surface area (Å²) in [7, 11) is 0. The largest absolute Gasteiger partial charge is 0.289 e. The summed E-state index contributed by atoms with van der Waals surface area (Å²) in [5.74, 6) is -0.00463. The lowest BCUT2D eigenvalue weighted by Gasteiger charge is -1.95. The maximum atomic E-state index is 11.0. The predicted molar refractivity (Wildman–Crippen MR) is 42.8 cm³/mol. The maximum Gasteiger partial charge on any atom is 0.189 e. The van der Waals surface area contributed by atoms with Gasteiger partial charge in [-0.3, -0.25) is 4.79 Å². The highest BCUT2D eigenvalue weighted by molar-refractivity contribution is 6.03. The number of hydrogen-bond acceptors (Lipinski definition) is 1. The Hall–Kier alpha value is -1.07. The zero-order valence-electron chi connectivity index (χ0n) is 6.69. The van der Waals surface area contributed by atoms with E-state index in [1.54, 1.807) is 6.92 Å². The highest BCUT2D eigenvalue weighted by atomic mass is 16.1. The van der Waals surface area contributed by atoms with Gasteiger partial charge in [-0.25, -0.2) is 0 Å². The van der Waals surface area contributed by atoms with E-state index in [0.29, 0.717) is 0 Å². The fourth-order valence-electron chi connectivity index (χ4n) is 0.447. The SMILES string of the molecule is C=C=CC(=O)C(C)=C(C)C. The highest BCUT2D eigenvalue weighted by Crippen LogP contribution is 2.02. The summed E-state index contributed by atoms with van der Waals surface area (Å²) in [5.41, 5.74) is 4.26. The molecule has 0 fully saturated rings. The molecule has 0 saturated carbocycles. The highest BCUT2D eigenvalue weighted by Gasteiger charge is 1.99. The molecular weight excluding hydrogens is 124 g/mol. The van der Waals surface area contributed by atoms with Crippen molar-refractivity contribution in [3.63, 3.8) is 0 Å². The van der Waals surface area contributed by atoms with Gasteiger partial charge in [-0.1, -0.05) is 12.2 Å². The molecule has 0 aromatic heterocycles. The van der Waals surface area contributed by atoms with E-state index in [4.69, 9.17) is 0 Å². The smallest absolute Gasteiger partial charge is 0.189 e. The molecule has 0 bridgehead atoms. The number of carbonyl (C=O) groups is 1. The van der Waals surface area contributed by atoms with E-state index < -0.39 is 0 Å². The topological polar surface area (TPSA) is 17.1 Å². The summed E-state index contributed by atoms with van der Waals surface area (Å²) in [6.45, 7) is 8.93. The Morgan fingerprint density at radius 1 is 1.40 bits per heavy atom. The van der Waals surface area contributed by atoms with Gasteiger partial charge < -0.3 is 0 Å². The third-order valence-corrected chi connectivity index (χ3v) is 1.35. The van der Waals surface area contributed by atoms with Crippen LogP contribution in [0, 0.1) is 0 Å². The van der Waals surface area contributed by atoms with Gasteiger partial charge in [0.2, 0.25) is 0 Å². The van der Waals surface area contributed by atoms with Gasteiger partial charge in [0.1, 0.15) is 0 Å². The Bertz CT molecular complexity index is 211. The van der Waals surface area contributed by atoms with Gasteiger partial charge in [-0.2, -0.15) is 0 Å². The number of ketones is 1. The lowest BCUT2D eigenvalue weighted by atomic mass is 10.1. The summed E-state index contributed by atoms with van der Waals surface area (Å²) in [6.07, 6.45) is 1.35. The summed E-state index contributed by atoms with van der Waals surface area (Å²) in [6, 6.07) is 0. The molecule has 0 radical (unpaired) electrons. The van der Waals surface area contributed by atoms with Crippen molar-refractivity contribution in [1.82, 2.24) is 0 Å². The molecule has 0 atom stereocenters. The molecule has 0 N–H and O–H groups in total. The standard InChI is InChI=1S/C9H12O/c1-5-6-9(10)8(4)7(2)3/h6H,1H2,2-4H3. The van der Waals surface area contributed by atoms with E-state index in [0.717, 1.165) is 11.1 Å². The summed E-state index contributed by atoms with van der Waals surface area (Å²) < 4.78 is 0. The van der Waals surface area contributed by atoms with Crippen molar-refractivity contribution >= 4 is 5.78 Å². The zero-order chi connectivity index (χ0) is 8.15. The Balaban J connectivity index is 4.53. The van der Waals surface area contributed by atoms with Crippen molar-refractivity contribution in [2.45, 2.75) is 20.8 Å². The molecule has 0 spiro atoms. The van der Waals surface area contributed by atoms with Crippen LogP contribution in [0.3, 0.4) is 0 Å². The van der Waals surface area contributed by atoms with Crippen LogP contribution in [0.25, 0.3) is 0 Å². The molecule has 0 aromatic rings. The maximum absolute atomic E-state index is 11.0. The summed E-state index contributed by atoms with van der Waals surface area (Å²) >= 11 is 0. The third-order valence-electron chi connectivity index (χ3n) is 1.35. The molecule has 10 heavy (non-hydrogen) atoms. The Morgan fingerprint density at radius 2 is 1.90 bits per heavy atom. The van der Waals surface area contributed by atoms with Gasteiger partial charge in [0.15, 0.2) is 5.78 Å². The number of carbonyl (C=O) groups excluding carboxylic acids is 1. The van der Waals surface area contributed by atoms with Crippen molar-refractivity contribution in [2.24, 2.45) is 0 Å². The minimum absolute atomic E-state index is 0.00463. The minimum Gasteiger partial charge on any atom is -0.289 e. The third kappa shape index (κ3) is 2.47. The molecule has 54 valence electrons. The quantitative estimate of drug-likeness (QED) is 0.420.